The monoisotopic (exact) mass is 170 g/mol. The first-order valence-electron chi connectivity index (χ1n) is 1.50. The molecule has 0 aromatic carbocycles. The zero-order valence-electron chi connectivity index (χ0n) is 3.54. The van der Waals surface area contributed by atoms with Gasteiger partial charge in [0.05, 0.1) is 0 Å². The number of rotatable bonds is 1. The Balaban J connectivity index is 0. The van der Waals surface area contributed by atoms with Gasteiger partial charge in [-0.25, -0.2) is 12.8 Å². The van der Waals surface area contributed by atoms with E-state index in [0.29, 0.717) is 0 Å². The predicted molar refractivity (Wildman–Crippen MR) is 19.9 cm³/mol. The van der Waals surface area contributed by atoms with Gasteiger partial charge in [-0.2, -0.15) is 0 Å². The van der Waals surface area contributed by atoms with Gasteiger partial charge >= 0.3 is 27.3 Å². The molecule has 0 saturated carbocycles. The summed E-state index contributed by atoms with van der Waals surface area (Å²) in [7, 11) is 0. The van der Waals surface area contributed by atoms with Crippen LogP contribution in [0, 0.1) is 13.8 Å². The van der Waals surface area contributed by atoms with Crippen LogP contribution in [-0.2, 0) is 27.3 Å². The Morgan fingerprint density at radius 2 is 1.20 bits per heavy atom. The molecular weight excluding hydrogens is 160 g/mol. The van der Waals surface area contributed by atoms with Crippen LogP contribution >= 0.6 is 0 Å². The summed E-state index contributed by atoms with van der Waals surface area (Å²) < 4.78 is 0. The summed E-state index contributed by atoms with van der Waals surface area (Å²) in [6.07, 6.45) is 1.92. The van der Waals surface area contributed by atoms with E-state index >= 15 is 0 Å². The molecule has 0 aliphatic rings. The molecule has 0 unspecified atom stereocenters. The molecule has 0 aromatic rings. The summed E-state index contributed by atoms with van der Waals surface area (Å²) >= 11 is 0. The summed E-state index contributed by atoms with van der Waals surface area (Å²) in [6.45, 7) is 7.08. The number of hydrogen-bond acceptors (Lipinski definition) is 0. The summed E-state index contributed by atoms with van der Waals surface area (Å²) in [5, 5.41) is 0. The molecule has 0 saturated heterocycles. The first kappa shape index (κ1) is 9.33. The van der Waals surface area contributed by atoms with Crippen LogP contribution in [0.5, 0.6) is 0 Å². The molecule has 0 spiro atoms. The molecule has 0 atom stereocenters. The molecule has 0 bridgehead atoms. The van der Waals surface area contributed by atoms with Crippen LogP contribution in [0.3, 0.4) is 0 Å². The van der Waals surface area contributed by atoms with Crippen LogP contribution in [0.4, 0.5) is 0 Å². The third-order valence-corrected chi connectivity index (χ3v) is 0.250. The molecule has 0 aliphatic heterocycles. The Bertz CT molecular complexity index is 5.61. The fourth-order valence-corrected chi connectivity index (χ4v) is 0. The van der Waals surface area contributed by atoms with Gasteiger partial charge < -0.3 is 13.8 Å². The summed E-state index contributed by atoms with van der Waals surface area (Å²) in [5.74, 6) is 0. The SMILES string of the molecule is [CH2-]CC[CH2-].[Cd+2]. The van der Waals surface area contributed by atoms with Gasteiger partial charge in [-0.1, -0.05) is 0 Å². The minimum absolute atomic E-state index is 0. The minimum Gasteiger partial charge on any atom is -0.346 e. The van der Waals surface area contributed by atoms with Gasteiger partial charge in [-0.05, 0) is 0 Å². The van der Waals surface area contributed by atoms with Gasteiger partial charge in [0.25, 0.3) is 0 Å². The Morgan fingerprint density at radius 1 is 1.00 bits per heavy atom. The summed E-state index contributed by atoms with van der Waals surface area (Å²) in [5.41, 5.74) is 0. The molecule has 0 fully saturated rings. The Morgan fingerprint density at radius 3 is 1.20 bits per heavy atom. The van der Waals surface area contributed by atoms with Crippen molar-refractivity contribution in [3.63, 3.8) is 0 Å². The van der Waals surface area contributed by atoms with Crippen LogP contribution in [0.2, 0.25) is 0 Å². The zero-order chi connectivity index (χ0) is 3.41. The van der Waals surface area contributed by atoms with Crippen molar-refractivity contribution in [3.8, 4) is 0 Å². The normalized spacial score (nSPS) is 6.00. The fraction of sp³-hybridized carbons (Fsp3) is 0.500. The van der Waals surface area contributed by atoms with Crippen molar-refractivity contribution in [2.24, 2.45) is 0 Å². The van der Waals surface area contributed by atoms with Crippen LogP contribution < -0.4 is 0 Å². The molecule has 0 N–H and O–H groups in total. The van der Waals surface area contributed by atoms with E-state index in [2.05, 4.69) is 13.8 Å². The van der Waals surface area contributed by atoms with Crippen molar-refractivity contribution in [2.45, 2.75) is 12.8 Å². The number of unbranched alkanes of at least 4 members (excludes halogenated alkanes) is 1. The van der Waals surface area contributed by atoms with Crippen LogP contribution in [0.1, 0.15) is 12.8 Å². The summed E-state index contributed by atoms with van der Waals surface area (Å²) in [6, 6.07) is 0. The van der Waals surface area contributed by atoms with E-state index in [1.165, 1.54) is 0 Å². The van der Waals surface area contributed by atoms with E-state index in [4.69, 9.17) is 0 Å². The quantitative estimate of drug-likeness (QED) is 0.411. The van der Waals surface area contributed by atoms with Crippen LogP contribution in [0.25, 0.3) is 0 Å². The molecule has 0 rings (SSSR count). The van der Waals surface area contributed by atoms with Crippen molar-refractivity contribution < 1.29 is 27.3 Å². The van der Waals surface area contributed by atoms with Crippen molar-refractivity contribution in [3.05, 3.63) is 13.8 Å². The third kappa shape index (κ3) is 11.4. The average molecular weight is 169 g/mol. The van der Waals surface area contributed by atoms with Gasteiger partial charge in [0.15, 0.2) is 0 Å². The molecule has 0 heterocycles. The second-order valence-electron chi connectivity index (χ2n) is 0.707. The second kappa shape index (κ2) is 8.87. The second-order valence-corrected chi connectivity index (χ2v) is 0.707. The minimum atomic E-state index is 0. The molecule has 0 aromatic heterocycles. The maximum absolute atomic E-state index is 3.54. The zero-order valence-corrected chi connectivity index (χ0v) is 7.57. The van der Waals surface area contributed by atoms with Gasteiger partial charge in [-0.3, -0.25) is 0 Å². The van der Waals surface area contributed by atoms with E-state index in [1.54, 1.807) is 0 Å². The van der Waals surface area contributed by atoms with E-state index in [-0.39, 0.29) is 27.3 Å². The van der Waals surface area contributed by atoms with Crippen molar-refractivity contribution in [2.75, 3.05) is 0 Å². The standard InChI is InChI=1S/C4H8.Cd/c1-3-4-2;/h1-4H2;/q-2;+2. The van der Waals surface area contributed by atoms with Crippen LogP contribution in [-0.4, -0.2) is 0 Å². The molecule has 1 heteroatoms. The molecule has 26 valence electrons. The number of hydrogen-bond donors (Lipinski definition) is 0. The van der Waals surface area contributed by atoms with Gasteiger partial charge in [0, 0.05) is 0 Å². The van der Waals surface area contributed by atoms with E-state index in [9.17, 15) is 0 Å². The van der Waals surface area contributed by atoms with Crippen molar-refractivity contribution in [1.82, 2.24) is 0 Å². The van der Waals surface area contributed by atoms with Gasteiger partial charge in [-0.15, -0.1) is 0 Å². The molecule has 0 nitrogen and oxygen atoms in total. The van der Waals surface area contributed by atoms with E-state index < -0.39 is 0 Å². The molecule has 0 aliphatic carbocycles. The molecule has 0 amide bonds. The summed E-state index contributed by atoms with van der Waals surface area (Å²) in [4.78, 5) is 0. The smallest absolute Gasteiger partial charge is 0.346 e. The molecular formula is C4H8Cd. The molecule has 0 radical (unpaired) electrons. The van der Waals surface area contributed by atoms with Crippen molar-refractivity contribution >= 4 is 0 Å². The molecule has 5 heavy (non-hydrogen) atoms. The average Bonchev–Trinajstić information content (AvgIpc) is 1.37. The first-order chi connectivity index (χ1) is 1.91. The topological polar surface area (TPSA) is 0 Å². The maximum atomic E-state index is 3.54. The van der Waals surface area contributed by atoms with E-state index in [0.717, 1.165) is 12.8 Å². The predicted octanol–water partition coefficient (Wildman–Crippen LogP) is 1.43. The van der Waals surface area contributed by atoms with Crippen LogP contribution in [0.15, 0.2) is 0 Å². The Labute approximate surface area is 54.1 Å². The third-order valence-electron chi connectivity index (χ3n) is 0.250. The first-order valence-corrected chi connectivity index (χ1v) is 1.50. The Kier molecular flexibility index (Phi) is 16.5. The van der Waals surface area contributed by atoms with Crippen molar-refractivity contribution in [1.29, 1.82) is 0 Å². The maximum Gasteiger partial charge on any atom is 2.00 e. The van der Waals surface area contributed by atoms with Gasteiger partial charge in [0.2, 0.25) is 0 Å². The van der Waals surface area contributed by atoms with Gasteiger partial charge in [0.1, 0.15) is 0 Å². The largest absolute Gasteiger partial charge is 2.00 e. The van der Waals surface area contributed by atoms with E-state index in [1.807, 2.05) is 0 Å². The fourth-order valence-electron chi connectivity index (χ4n) is 0. The Hall–Kier alpha value is 0.922.